The van der Waals surface area contributed by atoms with Crippen LogP contribution >= 0.6 is 11.3 Å². The standard InChI is InChI=1S/C23H19F2N3O2S/c24-19-9-3-15(12-20(19)25)11-18-13-26-23(31-18)28-21(29)10-4-14-1-5-16(6-2-14)22(30)27-17-7-8-17/h1-6,9-10,12-13,17H,7-8,11H2,(H,27,30)(H,26,28,29)/b10-4+. The number of thiazole rings is 1. The summed E-state index contributed by atoms with van der Waals surface area (Å²) >= 11 is 1.27. The molecule has 2 aromatic carbocycles. The summed E-state index contributed by atoms with van der Waals surface area (Å²) in [5.41, 5.74) is 2.00. The molecule has 0 bridgehead atoms. The normalized spacial score (nSPS) is 13.4. The van der Waals surface area contributed by atoms with E-state index in [0.29, 0.717) is 28.7 Å². The molecule has 2 N–H and O–H groups in total. The van der Waals surface area contributed by atoms with Gasteiger partial charge in [0.15, 0.2) is 16.8 Å². The largest absolute Gasteiger partial charge is 0.349 e. The Labute approximate surface area is 181 Å². The summed E-state index contributed by atoms with van der Waals surface area (Å²) in [5, 5.41) is 6.02. The van der Waals surface area contributed by atoms with E-state index >= 15 is 0 Å². The average molecular weight is 439 g/mol. The molecule has 0 spiro atoms. The molecule has 0 radical (unpaired) electrons. The first-order chi connectivity index (χ1) is 15.0. The van der Waals surface area contributed by atoms with Crippen LogP contribution in [0.5, 0.6) is 0 Å². The Morgan fingerprint density at radius 3 is 2.58 bits per heavy atom. The van der Waals surface area contributed by atoms with E-state index in [0.717, 1.165) is 35.4 Å². The van der Waals surface area contributed by atoms with Gasteiger partial charge in [-0.25, -0.2) is 13.8 Å². The maximum absolute atomic E-state index is 13.3. The van der Waals surface area contributed by atoms with E-state index in [1.807, 2.05) is 0 Å². The first-order valence-electron chi connectivity index (χ1n) is 9.75. The van der Waals surface area contributed by atoms with Crippen LogP contribution in [-0.4, -0.2) is 22.8 Å². The second kappa shape index (κ2) is 9.18. The molecule has 1 heterocycles. The summed E-state index contributed by atoms with van der Waals surface area (Å²) < 4.78 is 26.4. The molecule has 1 aliphatic rings. The van der Waals surface area contributed by atoms with Crippen LogP contribution in [0.1, 0.15) is 39.2 Å². The van der Waals surface area contributed by atoms with Gasteiger partial charge in [-0.3, -0.25) is 14.9 Å². The number of hydrogen-bond donors (Lipinski definition) is 2. The van der Waals surface area contributed by atoms with Crippen molar-refractivity contribution in [2.75, 3.05) is 5.32 Å². The Balaban J connectivity index is 1.30. The third-order valence-corrected chi connectivity index (χ3v) is 5.57. The predicted molar refractivity (Wildman–Crippen MR) is 116 cm³/mol. The first kappa shape index (κ1) is 20.9. The minimum atomic E-state index is -0.891. The van der Waals surface area contributed by atoms with Gasteiger partial charge in [0.05, 0.1) is 0 Å². The highest BCUT2D eigenvalue weighted by Crippen LogP contribution is 2.22. The zero-order valence-corrected chi connectivity index (χ0v) is 17.2. The van der Waals surface area contributed by atoms with Crippen molar-refractivity contribution in [1.82, 2.24) is 10.3 Å². The Hall–Kier alpha value is -3.39. The number of hydrogen-bond acceptors (Lipinski definition) is 4. The van der Waals surface area contributed by atoms with Crippen LogP contribution in [0, 0.1) is 11.6 Å². The summed E-state index contributed by atoms with van der Waals surface area (Å²) in [4.78, 5) is 29.1. The van der Waals surface area contributed by atoms with E-state index in [9.17, 15) is 18.4 Å². The molecule has 2 amide bonds. The number of nitrogens with zero attached hydrogens (tertiary/aromatic N) is 1. The van der Waals surface area contributed by atoms with Crippen LogP contribution in [0.3, 0.4) is 0 Å². The second-order valence-corrected chi connectivity index (χ2v) is 8.36. The lowest BCUT2D eigenvalue weighted by Crippen LogP contribution is -2.25. The van der Waals surface area contributed by atoms with Crippen molar-refractivity contribution < 1.29 is 18.4 Å². The number of carbonyl (C=O) groups excluding carboxylic acids is 2. The minimum Gasteiger partial charge on any atom is -0.349 e. The van der Waals surface area contributed by atoms with Gasteiger partial charge in [0.25, 0.3) is 5.91 Å². The summed E-state index contributed by atoms with van der Waals surface area (Å²) in [6.07, 6.45) is 7.08. The van der Waals surface area contributed by atoms with Crippen molar-refractivity contribution in [3.05, 3.63) is 87.9 Å². The van der Waals surface area contributed by atoms with Crippen LogP contribution < -0.4 is 10.6 Å². The number of amides is 2. The molecule has 4 rings (SSSR count). The van der Waals surface area contributed by atoms with Crippen LogP contribution in [0.15, 0.2) is 54.7 Å². The molecule has 0 aliphatic heterocycles. The van der Waals surface area contributed by atoms with E-state index in [1.165, 1.54) is 23.5 Å². The number of aromatic nitrogens is 1. The van der Waals surface area contributed by atoms with Crippen molar-refractivity contribution in [3.63, 3.8) is 0 Å². The molecule has 8 heteroatoms. The molecule has 1 saturated carbocycles. The third-order valence-electron chi connectivity index (χ3n) is 4.66. The Morgan fingerprint density at radius 2 is 1.87 bits per heavy atom. The number of anilines is 1. The van der Waals surface area contributed by atoms with Crippen molar-refractivity contribution in [3.8, 4) is 0 Å². The highest BCUT2D eigenvalue weighted by atomic mass is 32.1. The number of carbonyl (C=O) groups is 2. The van der Waals surface area contributed by atoms with E-state index < -0.39 is 11.6 Å². The molecule has 3 aromatic rings. The molecular weight excluding hydrogens is 420 g/mol. The van der Waals surface area contributed by atoms with Crippen molar-refractivity contribution in [1.29, 1.82) is 0 Å². The monoisotopic (exact) mass is 439 g/mol. The third kappa shape index (κ3) is 5.82. The number of rotatable bonds is 7. The van der Waals surface area contributed by atoms with Gasteiger partial charge >= 0.3 is 0 Å². The Kier molecular flexibility index (Phi) is 6.18. The van der Waals surface area contributed by atoms with Crippen molar-refractivity contribution >= 4 is 34.4 Å². The molecule has 158 valence electrons. The lowest BCUT2D eigenvalue weighted by molar-refractivity contribution is -0.111. The molecule has 1 aliphatic carbocycles. The number of benzene rings is 2. The van der Waals surface area contributed by atoms with Gasteiger partial charge in [-0.15, -0.1) is 11.3 Å². The molecule has 1 aromatic heterocycles. The van der Waals surface area contributed by atoms with Crippen LogP contribution in [0.25, 0.3) is 6.08 Å². The summed E-state index contributed by atoms with van der Waals surface area (Å²) in [6.45, 7) is 0. The highest BCUT2D eigenvalue weighted by molar-refractivity contribution is 7.15. The number of nitrogens with one attached hydrogen (secondary N) is 2. The smallest absolute Gasteiger partial charge is 0.251 e. The lowest BCUT2D eigenvalue weighted by atomic mass is 10.1. The van der Waals surface area contributed by atoms with Crippen LogP contribution in [0.2, 0.25) is 0 Å². The van der Waals surface area contributed by atoms with Gasteiger partial charge in [0.1, 0.15) is 0 Å². The van der Waals surface area contributed by atoms with Gasteiger partial charge in [-0.1, -0.05) is 18.2 Å². The predicted octanol–water partition coefficient (Wildman–Crippen LogP) is 4.56. The topological polar surface area (TPSA) is 71.1 Å². The van der Waals surface area contributed by atoms with E-state index in [-0.39, 0.29) is 11.8 Å². The van der Waals surface area contributed by atoms with Crippen molar-refractivity contribution in [2.24, 2.45) is 0 Å². The fraction of sp³-hybridized carbons (Fsp3) is 0.174. The van der Waals surface area contributed by atoms with Crippen LogP contribution in [0.4, 0.5) is 13.9 Å². The molecule has 0 atom stereocenters. The zero-order valence-electron chi connectivity index (χ0n) is 16.4. The summed E-state index contributed by atoms with van der Waals surface area (Å²) in [6, 6.07) is 11.0. The van der Waals surface area contributed by atoms with E-state index in [1.54, 1.807) is 36.5 Å². The maximum Gasteiger partial charge on any atom is 0.251 e. The molecule has 0 unspecified atom stereocenters. The highest BCUT2D eigenvalue weighted by Gasteiger charge is 2.23. The van der Waals surface area contributed by atoms with E-state index in [2.05, 4.69) is 15.6 Å². The summed E-state index contributed by atoms with van der Waals surface area (Å²) in [7, 11) is 0. The molecule has 31 heavy (non-hydrogen) atoms. The molecular formula is C23H19F2N3O2S. The molecule has 1 fully saturated rings. The van der Waals surface area contributed by atoms with Gasteiger partial charge < -0.3 is 5.32 Å². The first-order valence-corrected chi connectivity index (χ1v) is 10.6. The second-order valence-electron chi connectivity index (χ2n) is 7.25. The van der Waals surface area contributed by atoms with Gasteiger partial charge in [-0.2, -0.15) is 0 Å². The Morgan fingerprint density at radius 1 is 1.10 bits per heavy atom. The lowest BCUT2D eigenvalue weighted by Gasteiger charge is -2.03. The minimum absolute atomic E-state index is 0.0845. The van der Waals surface area contributed by atoms with Gasteiger partial charge in [0, 0.05) is 35.2 Å². The van der Waals surface area contributed by atoms with E-state index in [4.69, 9.17) is 0 Å². The fourth-order valence-electron chi connectivity index (χ4n) is 2.86. The van der Waals surface area contributed by atoms with Gasteiger partial charge in [0.2, 0.25) is 5.91 Å². The quantitative estimate of drug-likeness (QED) is 0.531. The Bertz CT molecular complexity index is 1140. The fourth-order valence-corrected chi connectivity index (χ4v) is 3.71. The van der Waals surface area contributed by atoms with Crippen molar-refractivity contribution in [2.45, 2.75) is 25.3 Å². The average Bonchev–Trinajstić information content (AvgIpc) is 3.47. The SMILES string of the molecule is O=C(/C=C/c1ccc(C(=O)NC2CC2)cc1)Nc1ncc(Cc2ccc(F)c(F)c2)s1. The van der Waals surface area contributed by atoms with Crippen LogP contribution in [-0.2, 0) is 11.2 Å². The number of halogens is 2. The maximum atomic E-state index is 13.3. The summed E-state index contributed by atoms with van der Waals surface area (Å²) in [5.74, 6) is -2.20. The zero-order chi connectivity index (χ0) is 21.8. The molecule has 5 nitrogen and oxygen atoms in total. The van der Waals surface area contributed by atoms with Gasteiger partial charge in [-0.05, 0) is 54.3 Å². The molecule has 0 saturated heterocycles.